The number of pyridine rings is 1. The topological polar surface area (TPSA) is 54.3 Å². The van der Waals surface area contributed by atoms with E-state index < -0.39 is 0 Å². The summed E-state index contributed by atoms with van der Waals surface area (Å²) in [4.78, 5) is 21.4. The van der Waals surface area contributed by atoms with E-state index in [1.165, 1.54) is 5.56 Å². The Morgan fingerprint density at radius 1 is 1.40 bits per heavy atom. The fraction of sp³-hybridized carbons (Fsp3) is 0.526. The maximum absolute atomic E-state index is 12.9. The van der Waals surface area contributed by atoms with Gasteiger partial charge in [-0.1, -0.05) is 13.0 Å². The molecule has 25 heavy (non-hydrogen) atoms. The number of hydrogen-bond acceptors (Lipinski definition) is 4. The van der Waals surface area contributed by atoms with Crippen molar-refractivity contribution in [2.45, 2.75) is 25.8 Å². The van der Waals surface area contributed by atoms with E-state index in [4.69, 9.17) is 0 Å². The number of carbonyl (C=O) groups is 1. The van der Waals surface area contributed by atoms with Gasteiger partial charge in [-0.3, -0.25) is 19.4 Å². The van der Waals surface area contributed by atoms with Crippen LogP contribution in [0.5, 0.6) is 0 Å². The standard InChI is InChI=1S/C19H27N5O/c1-5-17-16(13-24(4)21-17)19(25)23(3)12-15-8-10-22(2)18(15)14-7-6-9-20-11-14/h6-7,9,11,13,15,18H,5,8,10,12H2,1-4H3/t15-,18-/m0/s1. The Hall–Kier alpha value is -2.21. The number of likely N-dealkylation sites (tertiary alicyclic amines) is 1. The van der Waals surface area contributed by atoms with Gasteiger partial charge in [-0.15, -0.1) is 0 Å². The molecule has 0 spiro atoms. The molecule has 0 N–H and O–H groups in total. The van der Waals surface area contributed by atoms with Crippen molar-refractivity contribution in [1.29, 1.82) is 0 Å². The maximum Gasteiger partial charge on any atom is 0.257 e. The van der Waals surface area contributed by atoms with Gasteiger partial charge in [0.05, 0.1) is 11.3 Å². The van der Waals surface area contributed by atoms with Gasteiger partial charge in [-0.2, -0.15) is 5.10 Å². The Balaban J connectivity index is 1.75. The number of hydrogen-bond donors (Lipinski definition) is 0. The minimum absolute atomic E-state index is 0.0597. The maximum atomic E-state index is 12.9. The first kappa shape index (κ1) is 17.6. The SMILES string of the molecule is CCc1nn(C)cc1C(=O)N(C)C[C@@H]1CCN(C)[C@H]1c1cccnc1. The van der Waals surface area contributed by atoms with E-state index >= 15 is 0 Å². The summed E-state index contributed by atoms with van der Waals surface area (Å²) in [5.74, 6) is 0.467. The average molecular weight is 341 g/mol. The van der Waals surface area contributed by atoms with E-state index in [-0.39, 0.29) is 5.91 Å². The summed E-state index contributed by atoms with van der Waals surface area (Å²) < 4.78 is 1.72. The summed E-state index contributed by atoms with van der Waals surface area (Å²) in [5, 5.41) is 4.39. The highest BCUT2D eigenvalue weighted by molar-refractivity contribution is 5.95. The lowest BCUT2D eigenvalue weighted by Gasteiger charge is -2.28. The molecule has 0 saturated carbocycles. The van der Waals surface area contributed by atoms with Crippen LogP contribution >= 0.6 is 0 Å². The van der Waals surface area contributed by atoms with Gasteiger partial charge in [-0.05, 0) is 44.0 Å². The predicted octanol–water partition coefficient (Wildman–Crippen LogP) is 2.14. The van der Waals surface area contributed by atoms with E-state index in [1.807, 2.05) is 44.4 Å². The van der Waals surface area contributed by atoms with Crippen molar-refractivity contribution < 1.29 is 4.79 Å². The van der Waals surface area contributed by atoms with Gasteiger partial charge in [0.15, 0.2) is 0 Å². The molecular weight excluding hydrogens is 314 g/mol. The van der Waals surface area contributed by atoms with Crippen molar-refractivity contribution in [2.75, 3.05) is 27.2 Å². The van der Waals surface area contributed by atoms with Crippen LogP contribution in [-0.4, -0.2) is 57.7 Å². The van der Waals surface area contributed by atoms with Crippen molar-refractivity contribution in [3.05, 3.63) is 47.5 Å². The zero-order chi connectivity index (χ0) is 18.0. The molecule has 1 amide bonds. The molecule has 0 radical (unpaired) electrons. The minimum Gasteiger partial charge on any atom is -0.341 e. The van der Waals surface area contributed by atoms with Crippen LogP contribution in [0.3, 0.4) is 0 Å². The van der Waals surface area contributed by atoms with Crippen LogP contribution in [0.4, 0.5) is 0 Å². The zero-order valence-corrected chi connectivity index (χ0v) is 15.5. The Kier molecular flexibility index (Phi) is 5.18. The largest absolute Gasteiger partial charge is 0.341 e. The normalized spacial score (nSPS) is 20.8. The molecule has 3 rings (SSSR count). The number of rotatable bonds is 5. The van der Waals surface area contributed by atoms with Crippen molar-refractivity contribution >= 4 is 5.91 Å². The second-order valence-electron chi connectivity index (χ2n) is 6.96. The van der Waals surface area contributed by atoms with E-state index in [0.717, 1.165) is 37.2 Å². The van der Waals surface area contributed by atoms with Gasteiger partial charge >= 0.3 is 0 Å². The molecule has 6 heteroatoms. The fourth-order valence-corrected chi connectivity index (χ4v) is 3.91. The van der Waals surface area contributed by atoms with Crippen LogP contribution in [0.2, 0.25) is 0 Å². The van der Waals surface area contributed by atoms with E-state index in [0.29, 0.717) is 12.0 Å². The van der Waals surface area contributed by atoms with Crippen molar-refractivity contribution in [3.63, 3.8) is 0 Å². The molecule has 2 aromatic rings. The number of aromatic nitrogens is 3. The minimum atomic E-state index is 0.0597. The summed E-state index contributed by atoms with van der Waals surface area (Å²) >= 11 is 0. The van der Waals surface area contributed by atoms with Gasteiger partial charge in [0.25, 0.3) is 5.91 Å². The molecule has 2 atom stereocenters. The lowest BCUT2D eigenvalue weighted by molar-refractivity contribution is 0.0759. The highest BCUT2D eigenvalue weighted by atomic mass is 16.2. The fourth-order valence-electron chi connectivity index (χ4n) is 3.91. The molecule has 1 fully saturated rings. The lowest BCUT2D eigenvalue weighted by atomic mass is 9.94. The molecule has 0 aliphatic carbocycles. The molecule has 0 aromatic carbocycles. The molecule has 2 aromatic heterocycles. The molecule has 0 unspecified atom stereocenters. The molecule has 134 valence electrons. The Morgan fingerprint density at radius 2 is 2.20 bits per heavy atom. The molecule has 1 aliphatic rings. The molecule has 3 heterocycles. The molecule has 1 aliphatic heterocycles. The summed E-state index contributed by atoms with van der Waals surface area (Å²) in [6.07, 6.45) is 7.42. The smallest absolute Gasteiger partial charge is 0.257 e. The van der Waals surface area contributed by atoms with E-state index in [2.05, 4.69) is 28.1 Å². The highest BCUT2D eigenvalue weighted by Gasteiger charge is 2.34. The van der Waals surface area contributed by atoms with Crippen LogP contribution in [0.1, 0.15) is 41.0 Å². The lowest BCUT2D eigenvalue weighted by Crippen LogP contribution is -2.34. The Morgan fingerprint density at radius 3 is 2.88 bits per heavy atom. The van der Waals surface area contributed by atoms with Gasteiger partial charge in [-0.25, -0.2) is 0 Å². The van der Waals surface area contributed by atoms with Crippen LogP contribution < -0.4 is 0 Å². The van der Waals surface area contributed by atoms with Crippen LogP contribution in [0, 0.1) is 5.92 Å². The van der Waals surface area contributed by atoms with Gasteiger partial charge in [0.2, 0.25) is 0 Å². The first-order valence-corrected chi connectivity index (χ1v) is 8.89. The zero-order valence-electron chi connectivity index (χ0n) is 15.5. The van der Waals surface area contributed by atoms with Crippen LogP contribution in [0.25, 0.3) is 0 Å². The first-order valence-electron chi connectivity index (χ1n) is 8.89. The average Bonchev–Trinajstić information content (AvgIpc) is 3.17. The van der Waals surface area contributed by atoms with Crippen molar-refractivity contribution in [3.8, 4) is 0 Å². The molecular formula is C19H27N5O. The first-order chi connectivity index (χ1) is 12.0. The molecule has 0 bridgehead atoms. The third-order valence-corrected chi connectivity index (χ3v) is 5.13. The Labute approximate surface area is 149 Å². The second-order valence-corrected chi connectivity index (χ2v) is 6.96. The van der Waals surface area contributed by atoms with Crippen LogP contribution in [-0.2, 0) is 13.5 Å². The summed E-state index contributed by atoms with van der Waals surface area (Å²) in [6.45, 7) is 3.81. The summed E-state index contributed by atoms with van der Waals surface area (Å²) in [6, 6.07) is 4.42. The van der Waals surface area contributed by atoms with E-state index in [9.17, 15) is 4.79 Å². The molecule has 1 saturated heterocycles. The second kappa shape index (κ2) is 7.35. The predicted molar refractivity (Wildman–Crippen MR) is 97.3 cm³/mol. The third-order valence-electron chi connectivity index (χ3n) is 5.13. The molecule has 6 nitrogen and oxygen atoms in total. The summed E-state index contributed by atoms with van der Waals surface area (Å²) in [7, 11) is 5.91. The monoisotopic (exact) mass is 341 g/mol. The van der Waals surface area contributed by atoms with Gasteiger partial charge in [0, 0.05) is 45.3 Å². The summed E-state index contributed by atoms with van der Waals surface area (Å²) in [5.41, 5.74) is 2.81. The number of nitrogens with zero attached hydrogens (tertiary/aromatic N) is 5. The van der Waals surface area contributed by atoms with Crippen molar-refractivity contribution in [1.82, 2.24) is 24.6 Å². The van der Waals surface area contributed by atoms with Gasteiger partial charge < -0.3 is 4.90 Å². The highest BCUT2D eigenvalue weighted by Crippen LogP contribution is 2.36. The number of aryl methyl sites for hydroxylation is 2. The van der Waals surface area contributed by atoms with Gasteiger partial charge in [0.1, 0.15) is 0 Å². The quantitative estimate of drug-likeness (QED) is 0.836. The third kappa shape index (κ3) is 3.58. The van der Waals surface area contributed by atoms with E-state index in [1.54, 1.807) is 10.9 Å². The van der Waals surface area contributed by atoms with Crippen LogP contribution in [0.15, 0.2) is 30.7 Å². The Bertz CT molecular complexity index is 727. The number of carbonyl (C=O) groups excluding carboxylic acids is 1. The van der Waals surface area contributed by atoms with Crippen molar-refractivity contribution in [2.24, 2.45) is 13.0 Å². The number of amides is 1.